The largest absolute Gasteiger partial charge is 0.457 e. The Bertz CT molecular complexity index is 650. The normalized spacial score (nSPS) is 11.5. The van der Waals surface area contributed by atoms with Gasteiger partial charge in [-0.2, -0.15) is 13.2 Å². The van der Waals surface area contributed by atoms with Gasteiger partial charge in [-0.25, -0.2) is 0 Å². The molecule has 0 atom stereocenters. The Hall–Kier alpha value is -1.68. The lowest BCUT2D eigenvalue weighted by molar-refractivity contribution is -0.138. The first kappa shape index (κ1) is 15.7. The van der Waals surface area contributed by atoms with Crippen LogP contribution in [0.4, 0.5) is 13.2 Å². The smallest absolute Gasteiger partial charge is 0.416 e. The lowest BCUT2D eigenvalue weighted by Crippen LogP contribution is -2.08. The summed E-state index contributed by atoms with van der Waals surface area (Å²) >= 11 is 5.56. The van der Waals surface area contributed by atoms with Gasteiger partial charge < -0.3 is 4.74 Å². The van der Waals surface area contributed by atoms with Crippen molar-refractivity contribution in [3.05, 3.63) is 58.7 Å². The zero-order valence-corrected chi connectivity index (χ0v) is 12.3. The second-order valence-electron chi connectivity index (χ2n) is 4.75. The third-order valence-corrected chi connectivity index (χ3v) is 3.60. The van der Waals surface area contributed by atoms with Gasteiger partial charge in [-0.15, -0.1) is 11.6 Å². The summed E-state index contributed by atoms with van der Waals surface area (Å²) < 4.78 is 44.5. The van der Waals surface area contributed by atoms with Crippen LogP contribution < -0.4 is 4.74 Å². The second-order valence-corrected chi connectivity index (χ2v) is 5.02. The van der Waals surface area contributed by atoms with E-state index in [4.69, 9.17) is 16.3 Å². The standard InChI is InChI=1S/C16H14ClF3O/c1-10-4-3-5-15(11(10)2)21-13-7-6-12(9-17)14(8-13)16(18,19)20/h3-8H,9H2,1-2H3. The molecule has 0 aromatic heterocycles. The Morgan fingerprint density at radius 1 is 1.10 bits per heavy atom. The van der Waals surface area contributed by atoms with Crippen LogP contribution >= 0.6 is 11.6 Å². The first-order valence-electron chi connectivity index (χ1n) is 6.33. The van der Waals surface area contributed by atoms with Crippen LogP contribution in [0.3, 0.4) is 0 Å². The van der Waals surface area contributed by atoms with E-state index < -0.39 is 11.7 Å². The third-order valence-electron chi connectivity index (χ3n) is 3.31. The Kier molecular flexibility index (Phi) is 4.47. The number of alkyl halides is 4. The summed E-state index contributed by atoms with van der Waals surface area (Å²) in [6.07, 6.45) is -4.45. The van der Waals surface area contributed by atoms with E-state index in [1.165, 1.54) is 12.1 Å². The second kappa shape index (κ2) is 5.98. The molecule has 0 fully saturated rings. The summed E-state index contributed by atoms with van der Waals surface area (Å²) in [6.45, 7) is 3.78. The Morgan fingerprint density at radius 3 is 2.43 bits per heavy atom. The van der Waals surface area contributed by atoms with E-state index in [2.05, 4.69) is 0 Å². The number of halogens is 4. The SMILES string of the molecule is Cc1cccc(Oc2ccc(CCl)c(C(F)(F)F)c2)c1C. The fourth-order valence-corrected chi connectivity index (χ4v) is 2.19. The van der Waals surface area contributed by atoms with E-state index in [1.54, 1.807) is 12.1 Å². The molecule has 2 rings (SSSR count). The predicted octanol–water partition coefficient (Wildman–Crippen LogP) is 5.85. The lowest BCUT2D eigenvalue weighted by Gasteiger charge is -2.15. The minimum Gasteiger partial charge on any atom is -0.457 e. The first-order valence-corrected chi connectivity index (χ1v) is 6.86. The minimum absolute atomic E-state index is 0.0393. The van der Waals surface area contributed by atoms with Crippen LogP contribution in [0.25, 0.3) is 0 Å². The van der Waals surface area contributed by atoms with Crippen molar-refractivity contribution in [3.63, 3.8) is 0 Å². The topological polar surface area (TPSA) is 9.23 Å². The fraction of sp³-hybridized carbons (Fsp3) is 0.250. The first-order chi connectivity index (χ1) is 9.82. The molecule has 112 valence electrons. The molecule has 2 aromatic rings. The van der Waals surface area contributed by atoms with Crippen molar-refractivity contribution in [2.75, 3.05) is 0 Å². The zero-order chi connectivity index (χ0) is 15.6. The highest BCUT2D eigenvalue weighted by Crippen LogP contribution is 2.36. The van der Waals surface area contributed by atoms with E-state index in [0.29, 0.717) is 5.75 Å². The van der Waals surface area contributed by atoms with E-state index in [0.717, 1.165) is 17.2 Å². The van der Waals surface area contributed by atoms with Crippen LogP contribution in [-0.4, -0.2) is 0 Å². The summed E-state index contributed by atoms with van der Waals surface area (Å²) in [4.78, 5) is 0. The summed E-state index contributed by atoms with van der Waals surface area (Å²) in [7, 11) is 0. The molecule has 5 heteroatoms. The molecule has 1 nitrogen and oxygen atoms in total. The molecule has 0 amide bonds. The van der Waals surface area contributed by atoms with Gasteiger partial charge in [0, 0.05) is 5.88 Å². The molecule has 0 aliphatic heterocycles. The highest BCUT2D eigenvalue weighted by molar-refractivity contribution is 6.17. The van der Waals surface area contributed by atoms with Crippen LogP contribution in [0.1, 0.15) is 22.3 Å². The van der Waals surface area contributed by atoms with E-state index in [-0.39, 0.29) is 17.2 Å². The third kappa shape index (κ3) is 3.50. The molecule has 0 aliphatic rings. The molecule has 0 bridgehead atoms. The average molecular weight is 315 g/mol. The quantitative estimate of drug-likeness (QED) is 0.645. The van der Waals surface area contributed by atoms with Crippen molar-refractivity contribution in [2.45, 2.75) is 25.9 Å². The molecular formula is C16H14ClF3O. The number of benzene rings is 2. The molecule has 0 saturated heterocycles. The Labute approximate surface area is 126 Å². The van der Waals surface area contributed by atoms with Crippen LogP contribution in [0.2, 0.25) is 0 Å². The van der Waals surface area contributed by atoms with Crippen molar-refractivity contribution in [1.82, 2.24) is 0 Å². The maximum atomic E-state index is 13.0. The molecule has 0 N–H and O–H groups in total. The summed E-state index contributed by atoms with van der Waals surface area (Å²) in [5.41, 5.74) is 1.19. The van der Waals surface area contributed by atoms with Crippen molar-refractivity contribution in [1.29, 1.82) is 0 Å². The number of hydrogen-bond acceptors (Lipinski definition) is 1. The maximum Gasteiger partial charge on any atom is 0.416 e. The van der Waals surface area contributed by atoms with Crippen molar-refractivity contribution < 1.29 is 17.9 Å². The average Bonchev–Trinajstić information content (AvgIpc) is 2.43. The highest BCUT2D eigenvalue weighted by atomic mass is 35.5. The predicted molar refractivity (Wildman–Crippen MR) is 77.0 cm³/mol. The Balaban J connectivity index is 2.40. The number of hydrogen-bond donors (Lipinski definition) is 0. The maximum absolute atomic E-state index is 13.0. The number of aryl methyl sites for hydroxylation is 1. The van der Waals surface area contributed by atoms with Crippen molar-refractivity contribution >= 4 is 11.6 Å². The number of rotatable bonds is 3. The van der Waals surface area contributed by atoms with Gasteiger partial charge in [-0.3, -0.25) is 0 Å². The van der Waals surface area contributed by atoms with Gasteiger partial charge in [0.15, 0.2) is 0 Å². The molecule has 0 unspecified atom stereocenters. The molecule has 0 heterocycles. The van der Waals surface area contributed by atoms with E-state index in [1.807, 2.05) is 19.9 Å². The van der Waals surface area contributed by atoms with Gasteiger partial charge in [0.2, 0.25) is 0 Å². The molecule has 0 saturated carbocycles. The van der Waals surface area contributed by atoms with E-state index in [9.17, 15) is 13.2 Å². The van der Waals surface area contributed by atoms with Gasteiger partial charge in [0.05, 0.1) is 5.56 Å². The molecule has 0 spiro atoms. The minimum atomic E-state index is -4.45. The Morgan fingerprint density at radius 2 is 1.81 bits per heavy atom. The molecular weight excluding hydrogens is 301 g/mol. The fourth-order valence-electron chi connectivity index (χ4n) is 1.96. The molecule has 0 aliphatic carbocycles. The van der Waals surface area contributed by atoms with Crippen LogP contribution in [0, 0.1) is 13.8 Å². The van der Waals surface area contributed by atoms with Gasteiger partial charge in [-0.05, 0) is 48.7 Å². The summed E-state index contributed by atoms with van der Waals surface area (Å²) in [6, 6.07) is 9.27. The number of ether oxygens (including phenoxy) is 1. The van der Waals surface area contributed by atoms with Crippen LogP contribution in [0.5, 0.6) is 11.5 Å². The van der Waals surface area contributed by atoms with Gasteiger partial charge in [-0.1, -0.05) is 18.2 Å². The van der Waals surface area contributed by atoms with Crippen LogP contribution in [0.15, 0.2) is 36.4 Å². The van der Waals surface area contributed by atoms with Gasteiger partial charge >= 0.3 is 6.18 Å². The lowest BCUT2D eigenvalue weighted by atomic mass is 10.1. The zero-order valence-electron chi connectivity index (χ0n) is 11.6. The van der Waals surface area contributed by atoms with Crippen LogP contribution in [-0.2, 0) is 12.1 Å². The monoisotopic (exact) mass is 314 g/mol. The van der Waals surface area contributed by atoms with Gasteiger partial charge in [0.1, 0.15) is 11.5 Å². The van der Waals surface area contributed by atoms with Gasteiger partial charge in [0.25, 0.3) is 0 Å². The summed E-state index contributed by atoms with van der Waals surface area (Å²) in [5.74, 6) is 0.491. The highest BCUT2D eigenvalue weighted by Gasteiger charge is 2.33. The van der Waals surface area contributed by atoms with Crippen molar-refractivity contribution in [3.8, 4) is 11.5 Å². The molecule has 2 aromatic carbocycles. The summed E-state index contributed by atoms with van der Waals surface area (Å²) in [5, 5.41) is 0. The van der Waals surface area contributed by atoms with E-state index >= 15 is 0 Å². The van der Waals surface area contributed by atoms with Crippen molar-refractivity contribution in [2.24, 2.45) is 0 Å². The molecule has 0 radical (unpaired) electrons. The molecule has 21 heavy (non-hydrogen) atoms.